The van der Waals surface area contributed by atoms with Crippen LogP contribution in [0.3, 0.4) is 0 Å². The molecule has 0 aliphatic heterocycles. The van der Waals surface area contributed by atoms with Crippen molar-refractivity contribution in [1.82, 2.24) is 4.57 Å². The predicted octanol–water partition coefficient (Wildman–Crippen LogP) is 3.09. The van der Waals surface area contributed by atoms with Crippen molar-refractivity contribution in [3.63, 3.8) is 0 Å². The predicted molar refractivity (Wildman–Crippen MR) is 106 cm³/mol. The average Bonchev–Trinajstić information content (AvgIpc) is 3.07. The third-order valence-electron chi connectivity index (χ3n) is 4.20. The number of para-hydroxylation sites is 1. The molecule has 0 aliphatic rings. The standard InChI is InChI=1S/C21H22N2O5/c1-26-11-12-28-16-9-7-15(8-10-16)22-20(24)14-23-13-18(21(25)27-2)17-5-3-4-6-19(17)23/h3-10,13H,11-12,14H2,1-2H3,(H,22,24). The number of carbonyl (C=O) groups is 2. The van der Waals surface area contributed by atoms with Crippen LogP contribution in [0, 0.1) is 0 Å². The zero-order valence-corrected chi connectivity index (χ0v) is 15.8. The van der Waals surface area contributed by atoms with Crippen molar-refractivity contribution in [3.05, 3.63) is 60.3 Å². The van der Waals surface area contributed by atoms with Crippen LogP contribution in [0.4, 0.5) is 5.69 Å². The largest absolute Gasteiger partial charge is 0.491 e. The Labute approximate surface area is 162 Å². The third kappa shape index (κ3) is 4.50. The van der Waals surface area contributed by atoms with E-state index in [2.05, 4.69) is 5.32 Å². The Balaban J connectivity index is 1.69. The Morgan fingerprint density at radius 1 is 1.00 bits per heavy atom. The molecule has 1 heterocycles. The van der Waals surface area contributed by atoms with Gasteiger partial charge in [-0.25, -0.2) is 4.79 Å². The number of fused-ring (bicyclic) bond motifs is 1. The fraction of sp³-hybridized carbons (Fsp3) is 0.238. The lowest BCUT2D eigenvalue weighted by Crippen LogP contribution is -2.18. The van der Waals surface area contributed by atoms with Crippen molar-refractivity contribution in [3.8, 4) is 5.75 Å². The van der Waals surface area contributed by atoms with Gasteiger partial charge in [-0.05, 0) is 30.3 Å². The van der Waals surface area contributed by atoms with E-state index in [9.17, 15) is 9.59 Å². The number of hydrogen-bond acceptors (Lipinski definition) is 5. The van der Waals surface area contributed by atoms with Gasteiger partial charge in [0.2, 0.25) is 5.91 Å². The van der Waals surface area contributed by atoms with E-state index >= 15 is 0 Å². The van der Waals surface area contributed by atoms with Gasteiger partial charge in [-0.15, -0.1) is 0 Å². The van der Waals surface area contributed by atoms with Crippen molar-refractivity contribution in [2.45, 2.75) is 6.54 Å². The minimum atomic E-state index is -0.431. The van der Waals surface area contributed by atoms with Crippen LogP contribution >= 0.6 is 0 Å². The highest BCUT2D eigenvalue weighted by Gasteiger charge is 2.16. The van der Waals surface area contributed by atoms with Gasteiger partial charge in [0.25, 0.3) is 0 Å². The van der Waals surface area contributed by atoms with E-state index in [0.717, 1.165) is 10.9 Å². The van der Waals surface area contributed by atoms with Gasteiger partial charge in [0.05, 0.1) is 19.3 Å². The first-order valence-corrected chi connectivity index (χ1v) is 8.80. The van der Waals surface area contributed by atoms with Gasteiger partial charge in [-0.2, -0.15) is 0 Å². The second kappa shape index (κ2) is 9.05. The molecule has 28 heavy (non-hydrogen) atoms. The minimum absolute atomic E-state index is 0.0730. The molecule has 3 aromatic rings. The van der Waals surface area contributed by atoms with Gasteiger partial charge >= 0.3 is 5.97 Å². The molecule has 146 valence electrons. The number of rotatable bonds is 8. The molecule has 0 bridgehead atoms. The molecule has 0 spiro atoms. The molecule has 0 unspecified atom stereocenters. The van der Waals surface area contributed by atoms with Gasteiger partial charge in [0.1, 0.15) is 18.9 Å². The first-order chi connectivity index (χ1) is 13.6. The van der Waals surface area contributed by atoms with Crippen LogP contribution in [-0.2, 0) is 20.8 Å². The number of aromatic nitrogens is 1. The molecule has 0 fully saturated rings. The Bertz CT molecular complexity index is 963. The number of benzene rings is 2. The average molecular weight is 382 g/mol. The number of anilines is 1. The van der Waals surface area contributed by atoms with Crippen LogP contribution in [0.5, 0.6) is 5.75 Å². The highest BCUT2D eigenvalue weighted by atomic mass is 16.5. The molecule has 3 rings (SSSR count). The molecular weight excluding hydrogens is 360 g/mol. The molecule has 0 atom stereocenters. The number of ether oxygens (including phenoxy) is 3. The summed E-state index contributed by atoms with van der Waals surface area (Å²) < 4.78 is 17.0. The normalized spacial score (nSPS) is 10.6. The summed E-state index contributed by atoms with van der Waals surface area (Å²) in [5, 5.41) is 3.60. The first-order valence-electron chi connectivity index (χ1n) is 8.80. The zero-order chi connectivity index (χ0) is 19.9. The van der Waals surface area contributed by atoms with Gasteiger partial charge in [-0.3, -0.25) is 4.79 Å². The Morgan fingerprint density at radius 2 is 1.75 bits per heavy atom. The van der Waals surface area contributed by atoms with Crippen molar-refractivity contribution in [2.75, 3.05) is 32.8 Å². The molecule has 7 nitrogen and oxygen atoms in total. The maximum atomic E-state index is 12.5. The molecule has 0 radical (unpaired) electrons. The number of esters is 1. The maximum Gasteiger partial charge on any atom is 0.340 e. The van der Waals surface area contributed by atoms with Gasteiger partial charge < -0.3 is 24.1 Å². The smallest absolute Gasteiger partial charge is 0.340 e. The van der Waals surface area contributed by atoms with E-state index in [-0.39, 0.29) is 12.5 Å². The molecule has 0 aliphatic carbocycles. The molecule has 1 aromatic heterocycles. The van der Waals surface area contributed by atoms with E-state index in [1.807, 2.05) is 24.3 Å². The van der Waals surface area contributed by atoms with Gasteiger partial charge in [0, 0.05) is 29.9 Å². The van der Waals surface area contributed by atoms with E-state index < -0.39 is 5.97 Å². The van der Waals surface area contributed by atoms with Crippen LogP contribution in [0.2, 0.25) is 0 Å². The van der Waals surface area contributed by atoms with Crippen LogP contribution in [0.15, 0.2) is 54.7 Å². The highest BCUT2D eigenvalue weighted by molar-refractivity contribution is 6.04. The van der Waals surface area contributed by atoms with Crippen LogP contribution in [0.1, 0.15) is 10.4 Å². The summed E-state index contributed by atoms with van der Waals surface area (Å²) >= 11 is 0. The Morgan fingerprint density at radius 3 is 2.46 bits per heavy atom. The molecule has 0 saturated carbocycles. The SMILES string of the molecule is COCCOc1ccc(NC(=O)Cn2cc(C(=O)OC)c3ccccc32)cc1. The summed E-state index contributed by atoms with van der Waals surface area (Å²) in [5.41, 5.74) is 1.89. The number of nitrogens with zero attached hydrogens (tertiary/aromatic N) is 1. The van der Waals surface area contributed by atoms with Gasteiger partial charge in [-0.1, -0.05) is 18.2 Å². The minimum Gasteiger partial charge on any atom is -0.491 e. The fourth-order valence-electron chi connectivity index (χ4n) is 2.88. The summed E-state index contributed by atoms with van der Waals surface area (Å²) in [4.78, 5) is 24.5. The van der Waals surface area contributed by atoms with Crippen molar-refractivity contribution in [2.24, 2.45) is 0 Å². The van der Waals surface area contributed by atoms with E-state index in [0.29, 0.717) is 30.2 Å². The second-order valence-electron chi connectivity index (χ2n) is 6.09. The molecule has 7 heteroatoms. The molecule has 1 amide bonds. The van der Waals surface area contributed by atoms with Gasteiger partial charge in [0.15, 0.2) is 0 Å². The van der Waals surface area contributed by atoms with Crippen LogP contribution in [0.25, 0.3) is 10.9 Å². The second-order valence-corrected chi connectivity index (χ2v) is 6.09. The Kier molecular flexibility index (Phi) is 6.29. The summed E-state index contributed by atoms with van der Waals surface area (Å²) in [6.45, 7) is 1.05. The topological polar surface area (TPSA) is 78.8 Å². The molecule has 1 N–H and O–H groups in total. The monoisotopic (exact) mass is 382 g/mol. The van der Waals surface area contributed by atoms with E-state index in [4.69, 9.17) is 14.2 Å². The highest BCUT2D eigenvalue weighted by Crippen LogP contribution is 2.22. The zero-order valence-electron chi connectivity index (χ0n) is 15.8. The van der Waals surface area contributed by atoms with Crippen molar-refractivity contribution < 1.29 is 23.8 Å². The van der Waals surface area contributed by atoms with Crippen LogP contribution in [-0.4, -0.2) is 43.9 Å². The summed E-state index contributed by atoms with van der Waals surface area (Å²) in [7, 11) is 2.95. The lowest BCUT2D eigenvalue weighted by Gasteiger charge is -2.09. The summed E-state index contributed by atoms with van der Waals surface area (Å²) in [5.74, 6) is 0.0683. The number of amides is 1. The number of carbonyl (C=O) groups excluding carboxylic acids is 2. The maximum absolute atomic E-state index is 12.5. The first kappa shape index (κ1) is 19.4. The molecule has 2 aromatic carbocycles. The van der Waals surface area contributed by atoms with Crippen LogP contribution < -0.4 is 10.1 Å². The van der Waals surface area contributed by atoms with E-state index in [1.54, 1.807) is 42.1 Å². The number of methoxy groups -OCH3 is 2. The lowest BCUT2D eigenvalue weighted by molar-refractivity contribution is -0.116. The summed E-state index contributed by atoms with van der Waals surface area (Å²) in [6.07, 6.45) is 1.64. The van der Waals surface area contributed by atoms with Crippen molar-refractivity contribution >= 4 is 28.5 Å². The van der Waals surface area contributed by atoms with E-state index in [1.165, 1.54) is 7.11 Å². The lowest BCUT2D eigenvalue weighted by atomic mass is 10.2. The number of nitrogens with one attached hydrogen (secondary N) is 1. The quantitative estimate of drug-likeness (QED) is 0.478. The fourth-order valence-corrected chi connectivity index (χ4v) is 2.88. The molecular formula is C21H22N2O5. The van der Waals surface area contributed by atoms with Crippen molar-refractivity contribution in [1.29, 1.82) is 0 Å². The summed E-state index contributed by atoms with van der Waals surface area (Å²) in [6, 6.07) is 14.5. The molecule has 0 saturated heterocycles. The third-order valence-corrected chi connectivity index (χ3v) is 4.20. The Hall–Kier alpha value is -3.32. The number of hydrogen-bond donors (Lipinski definition) is 1.